The number of hydrogen-bond donors (Lipinski definition) is 2. The molecule has 6 rings (SSSR count). The Kier molecular flexibility index (Phi) is 7.09. The number of benzene rings is 1. The topological polar surface area (TPSA) is 84.6 Å². The van der Waals surface area contributed by atoms with E-state index in [9.17, 15) is 15.0 Å². The molecule has 6 nitrogen and oxygen atoms in total. The zero-order valence-corrected chi connectivity index (χ0v) is 25.3. The summed E-state index contributed by atoms with van der Waals surface area (Å²) in [5, 5.41) is 28.4. The lowest BCUT2D eigenvalue weighted by atomic mass is 9.44. The van der Waals surface area contributed by atoms with E-state index in [4.69, 9.17) is 9.84 Å². The summed E-state index contributed by atoms with van der Waals surface area (Å²) in [6, 6.07) is 8.11. The number of aromatic nitrogens is 2. The molecule has 0 unspecified atom stereocenters. The first-order valence-corrected chi connectivity index (χ1v) is 15.7. The normalized spacial score (nSPS) is 37.6. The van der Waals surface area contributed by atoms with Crippen LogP contribution in [0.1, 0.15) is 84.4 Å². The van der Waals surface area contributed by atoms with E-state index >= 15 is 0 Å². The summed E-state index contributed by atoms with van der Waals surface area (Å²) in [5.41, 5.74) is 2.64. The summed E-state index contributed by atoms with van der Waals surface area (Å²) in [6.45, 7) is 11.3. The Hall–Kier alpha value is -2.70. The third-order valence-electron chi connectivity index (χ3n) is 11.5. The molecule has 220 valence electrons. The average molecular weight is 559 g/mol. The minimum Gasteiger partial charge on any atom is -0.490 e. The van der Waals surface area contributed by atoms with Gasteiger partial charge in [0, 0.05) is 11.8 Å². The van der Waals surface area contributed by atoms with Crippen molar-refractivity contribution in [1.29, 1.82) is 0 Å². The number of rotatable bonds is 7. The lowest BCUT2D eigenvalue weighted by molar-refractivity contribution is -0.181. The number of fused-ring (bicyclic) bond motifs is 6. The Bertz CT molecular complexity index is 1370. The van der Waals surface area contributed by atoms with Crippen LogP contribution in [0, 0.1) is 34.5 Å². The van der Waals surface area contributed by atoms with Crippen LogP contribution in [0.4, 0.5) is 0 Å². The second-order valence-corrected chi connectivity index (χ2v) is 13.6. The van der Waals surface area contributed by atoms with Gasteiger partial charge in [-0.3, -0.25) is 4.79 Å². The Balaban J connectivity index is 1.30. The number of carbonyl (C=O) groups excluding carboxylic acids is 1. The average Bonchev–Trinajstić information content (AvgIpc) is 3.47. The quantitative estimate of drug-likeness (QED) is 0.388. The number of hydrogen-bond acceptors (Lipinski definition) is 5. The fraction of sp³-hybridized carbons (Fsp3) is 0.600. The van der Waals surface area contributed by atoms with Gasteiger partial charge in [-0.1, -0.05) is 52.3 Å². The van der Waals surface area contributed by atoms with Crippen molar-refractivity contribution in [3.63, 3.8) is 0 Å². The molecule has 2 N–H and O–H groups in total. The Morgan fingerprint density at radius 1 is 1.20 bits per heavy atom. The molecule has 3 fully saturated rings. The zero-order valence-electron chi connectivity index (χ0n) is 25.3. The van der Waals surface area contributed by atoms with E-state index < -0.39 is 17.1 Å². The van der Waals surface area contributed by atoms with Gasteiger partial charge in [-0.15, -0.1) is 0 Å². The Labute approximate surface area is 244 Å². The summed E-state index contributed by atoms with van der Waals surface area (Å²) < 4.78 is 7.87. The van der Waals surface area contributed by atoms with Crippen LogP contribution in [0.3, 0.4) is 0 Å². The number of allylic oxidation sites excluding steroid dienone is 2. The minimum absolute atomic E-state index is 0.0635. The third kappa shape index (κ3) is 4.19. The molecule has 1 heterocycles. The molecule has 0 aliphatic heterocycles. The van der Waals surface area contributed by atoms with Crippen LogP contribution in [0.25, 0.3) is 11.8 Å². The smallest absolute Gasteiger partial charge is 0.164 e. The van der Waals surface area contributed by atoms with Crippen molar-refractivity contribution >= 4 is 11.9 Å². The van der Waals surface area contributed by atoms with Crippen molar-refractivity contribution in [3.05, 3.63) is 59.4 Å². The van der Waals surface area contributed by atoms with Crippen LogP contribution in [0.15, 0.2) is 48.2 Å². The van der Waals surface area contributed by atoms with E-state index in [1.165, 1.54) is 11.1 Å². The summed E-state index contributed by atoms with van der Waals surface area (Å²) in [5.74, 6) is 1.72. The highest BCUT2D eigenvalue weighted by atomic mass is 16.5. The monoisotopic (exact) mass is 558 g/mol. The van der Waals surface area contributed by atoms with Gasteiger partial charge in [0.15, 0.2) is 5.78 Å². The van der Waals surface area contributed by atoms with Crippen LogP contribution in [0.2, 0.25) is 0 Å². The zero-order chi connectivity index (χ0) is 29.2. The van der Waals surface area contributed by atoms with Gasteiger partial charge in [0.1, 0.15) is 18.0 Å². The standard InChI is InChI=1S/C35H46N2O4/c1-6-8-9-16-41-25-12-10-24(11-13-25)37-29-18-28-22(3)17-26-27-14-15-35(40,31(39)7-2)34(27,5)20-30(38)32(26)33(28,4)19-23(29)21-36-37/h8-13,18,21-22,26-27,30,32,38,40H,6-7,14-17,19-20H2,1-5H3/b9-8-/t22-,26-,27-,30-,32+,33-,34-,35-/m0/s1. The highest BCUT2D eigenvalue weighted by Gasteiger charge is 2.68. The van der Waals surface area contributed by atoms with Gasteiger partial charge >= 0.3 is 0 Å². The summed E-state index contributed by atoms with van der Waals surface area (Å²) in [6.07, 6.45) is 12.9. The molecule has 3 saturated carbocycles. The first kappa shape index (κ1) is 28.4. The molecule has 0 spiro atoms. The molecule has 0 saturated heterocycles. The van der Waals surface area contributed by atoms with Crippen molar-refractivity contribution in [1.82, 2.24) is 9.78 Å². The summed E-state index contributed by atoms with van der Waals surface area (Å²) in [4.78, 5) is 13.0. The molecule has 1 aromatic carbocycles. The largest absolute Gasteiger partial charge is 0.490 e. The molecule has 0 radical (unpaired) electrons. The first-order valence-electron chi connectivity index (χ1n) is 15.7. The predicted octanol–water partition coefficient (Wildman–Crippen LogP) is 6.33. The molecule has 4 aliphatic carbocycles. The molecule has 0 amide bonds. The molecule has 1 aromatic heterocycles. The molecule has 6 heteroatoms. The van der Waals surface area contributed by atoms with E-state index in [-0.39, 0.29) is 29.0 Å². The van der Waals surface area contributed by atoms with Crippen LogP contribution in [-0.2, 0) is 11.2 Å². The number of ether oxygens (including phenoxy) is 1. The van der Waals surface area contributed by atoms with Crippen LogP contribution >= 0.6 is 0 Å². The highest BCUT2D eigenvalue weighted by molar-refractivity contribution is 5.88. The predicted molar refractivity (Wildman–Crippen MR) is 161 cm³/mol. The van der Waals surface area contributed by atoms with E-state index in [1.807, 2.05) is 36.0 Å². The maximum absolute atomic E-state index is 13.0. The van der Waals surface area contributed by atoms with Crippen molar-refractivity contribution < 1.29 is 19.7 Å². The van der Waals surface area contributed by atoms with Gasteiger partial charge in [0.25, 0.3) is 0 Å². The van der Waals surface area contributed by atoms with Gasteiger partial charge in [-0.05, 0) is 104 Å². The molecule has 2 aromatic rings. The van der Waals surface area contributed by atoms with Gasteiger partial charge < -0.3 is 14.9 Å². The van der Waals surface area contributed by atoms with Crippen molar-refractivity contribution in [2.75, 3.05) is 6.61 Å². The number of nitrogens with zero attached hydrogens (tertiary/aromatic N) is 2. The first-order chi connectivity index (χ1) is 19.6. The number of Topliss-reactive ketones (excluding diaryl/α,β-unsaturated/α-hetero) is 1. The van der Waals surface area contributed by atoms with Gasteiger partial charge in [-0.2, -0.15) is 5.10 Å². The van der Waals surface area contributed by atoms with E-state index in [2.05, 4.69) is 52.0 Å². The van der Waals surface area contributed by atoms with E-state index in [0.29, 0.717) is 31.8 Å². The van der Waals surface area contributed by atoms with Gasteiger partial charge in [0.05, 0.1) is 23.7 Å². The number of ketones is 1. The van der Waals surface area contributed by atoms with E-state index in [0.717, 1.165) is 42.8 Å². The Morgan fingerprint density at radius 2 is 1.95 bits per heavy atom. The van der Waals surface area contributed by atoms with E-state index in [1.54, 1.807) is 0 Å². The maximum Gasteiger partial charge on any atom is 0.164 e. The third-order valence-corrected chi connectivity index (χ3v) is 11.5. The number of aliphatic hydroxyl groups excluding tert-OH is 1. The fourth-order valence-corrected chi connectivity index (χ4v) is 9.65. The summed E-state index contributed by atoms with van der Waals surface area (Å²) in [7, 11) is 0. The number of aliphatic hydroxyl groups is 2. The second kappa shape index (κ2) is 10.2. The van der Waals surface area contributed by atoms with Crippen LogP contribution in [-0.4, -0.2) is 44.1 Å². The van der Waals surface area contributed by atoms with Crippen LogP contribution in [0.5, 0.6) is 5.75 Å². The van der Waals surface area contributed by atoms with Crippen LogP contribution < -0.4 is 4.74 Å². The van der Waals surface area contributed by atoms with Crippen molar-refractivity contribution in [2.24, 2.45) is 34.5 Å². The molecule has 0 bridgehead atoms. The molecule has 4 aliphatic rings. The fourth-order valence-electron chi connectivity index (χ4n) is 9.65. The molecular weight excluding hydrogens is 512 g/mol. The Morgan fingerprint density at radius 3 is 2.66 bits per heavy atom. The summed E-state index contributed by atoms with van der Waals surface area (Å²) >= 11 is 0. The second-order valence-electron chi connectivity index (χ2n) is 13.6. The SMILES string of the molecule is CC/C=C\COc1ccc(-n2ncc3c2C=C2[C@@H](C)C[C@@H]4[C@H]([C@@H](O)C[C@@]5(C)[C@H]4CC[C@]5(O)C(=O)CC)[C@@]2(C)C3)cc1. The lowest BCUT2D eigenvalue weighted by Crippen LogP contribution is -2.62. The maximum atomic E-state index is 13.0. The van der Waals surface area contributed by atoms with Gasteiger partial charge in [0.2, 0.25) is 0 Å². The highest BCUT2D eigenvalue weighted by Crippen LogP contribution is 2.68. The van der Waals surface area contributed by atoms with Crippen molar-refractivity contribution in [2.45, 2.75) is 91.3 Å². The minimum atomic E-state index is -1.33. The lowest BCUT2D eigenvalue weighted by Gasteiger charge is -2.61. The van der Waals surface area contributed by atoms with Gasteiger partial charge in [-0.25, -0.2) is 4.68 Å². The molecule has 8 atom stereocenters. The van der Waals surface area contributed by atoms with Crippen molar-refractivity contribution in [3.8, 4) is 11.4 Å². The number of carbonyl (C=O) groups is 1. The molecular formula is C35H46N2O4. The molecule has 41 heavy (non-hydrogen) atoms.